The lowest BCUT2D eigenvalue weighted by Gasteiger charge is -2.32. The molecule has 0 saturated carbocycles. The molecule has 3 rings (SSSR count). The number of anilines is 1. The van der Waals surface area contributed by atoms with Crippen LogP contribution in [0.15, 0.2) is 48.5 Å². The Bertz CT molecular complexity index is 1130. The van der Waals surface area contributed by atoms with Crippen molar-refractivity contribution < 1.29 is 31.4 Å². The third-order valence-corrected chi connectivity index (χ3v) is 4.75. The number of hydrogen-bond acceptors (Lipinski definition) is 4. The van der Waals surface area contributed by atoms with Gasteiger partial charge in [0.25, 0.3) is 5.60 Å². The van der Waals surface area contributed by atoms with Gasteiger partial charge in [-0.25, -0.2) is 4.68 Å². The van der Waals surface area contributed by atoms with Gasteiger partial charge in [0, 0.05) is 11.1 Å². The van der Waals surface area contributed by atoms with Gasteiger partial charge in [0.05, 0.1) is 23.0 Å². The highest BCUT2D eigenvalue weighted by Gasteiger charge is 2.71. The number of nitriles is 1. The molecule has 162 valence electrons. The summed E-state index contributed by atoms with van der Waals surface area (Å²) in [5.74, 6) is 0.0943. The monoisotopic (exact) mass is 440 g/mol. The average Bonchev–Trinajstić information content (AvgIpc) is 3.00. The standard InChI is InChI=1S/C20H14F6N4O/c1-11-16(17(28)30(29-11)15-8-2-12(10-27)3-9-15)13-4-6-14(7-5-13)18(31,19(21,22)23)20(24,25)26/h2-9,31H,28H2,1H3. The molecule has 11 heteroatoms. The van der Waals surface area contributed by atoms with Gasteiger partial charge in [0.1, 0.15) is 5.82 Å². The average molecular weight is 440 g/mol. The largest absolute Gasteiger partial charge is 0.430 e. The molecule has 0 radical (unpaired) electrons. The molecule has 3 aromatic rings. The summed E-state index contributed by atoms with van der Waals surface area (Å²) in [7, 11) is 0. The van der Waals surface area contributed by atoms with Crippen LogP contribution in [-0.4, -0.2) is 27.2 Å². The normalized spacial score (nSPS) is 12.6. The molecule has 0 atom stereocenters. The minimum atomic E-state index is -5.97. The summed E-state index contributed by atoms with van der Waals surface area (Å²) in [6.07, 6.45) is -11.9. The van der Waals surface area contributed by atoms with Crippen LogP contribution in [0.1, 0.15) is 16.8 Å². The summed E-state index contributed by atoms with van der Waals surface area (Å²) in [6, 6.07) is 11.3. The number of halogens is 6. The maximum Gasteiger partial charge on any atom is 0.430 e. The highest BCUT2D eigenvalue weighted by molar-refractivity contribution is 5.77. The first-order valence-electron chi connectivity index (χ1n) is 8.63. The first-order chi connectivity index (χ1) is 14.3. The molecule has 0 spiro atoms. The van der Waals surface area contributed by atoms with E-state index in [1.54, 1.807) is 19.1 Å². The number of aromatic nitrogens is 2. The maximum atomic E-state index is 13.1. The Balaban J connectivity index is 2.06. The second kappa shape index (κ2) is 7.31. The van der Waals surface area contributed by atoms with Crippen molar-refractivity contribution in [1.29, 1.82) is 5.26 Å². The molecule has 0 saturated heterocycles. The fourth-order valence-electron chi connectivity index (χ4n) is 3.14. The highest BCUT2D eigenvalue weighted by atomic mass is 19.4. The Morgan fingerprint density at radius 3 is 1.90 bits per heavy atom. The van der Waals surface area contributed by atoms with Crippen LogP contribution in [0.25, 0.3) is 16.8 Å². The molecular weight excluding hydrogens is 426 g/mol. The molecule has 0 bridgehead atoms. The first-order valence-corrected chi connectivity index (χ1v) is 8.63. The summed E-state index contributed by atoms with van der Waals surface area (Å²) in [4.78, 5) is 0. The van der Waals surface area contributed by atoms with Crippen LogP contribution in [0.2, 0.25) is 0 Å². The van der Waals surface area contributed by atoms with Crippen LogP contribution in [0.5, 0.6) is 0 Å². The molecule has 0 aliphatic heterocycles. The molecule has 0 unspecified atom stereocenters. The zero-order chi connectivity index (χ0) is 23.2. The zero-order valence-electron chi connectivity index (χ0n) is 15.8. The van der Waals surface area contributed by atoms with Gasteiger partial charge >= 0.3 is 12.4 Å². The van der Waals surface area contributed by atoms with Crippen LogP contribution in [-0.2, 0) is 5.60 Å². The summed E-state index contributed by atoms with van der Waals surface area (Å²) >= 11 is 0. The van der Waals surface area contributed by atoms with Crippen molar-refractivity contribution in [2.45, 2.75) is 24.9 Å². The van der Waals surface area contributed by atoms with Gasteiger partial charge in [0.15, 0.2) is 0 Å². The van der Waals surface area contributed by atoms with E-state index in [4.69, 9.17) is 11.0 Å². The van der Waals surface area contributed by atoms with Crippen LogP contribution in [0.4, 0.5) is 32.2 Å². The van der Waals surface area contributed by atoms with Crippen molar-refractivity contribution in [1.82, 2.24) is 9.78 Å². The predicted octanol–water partition coefficient (Wildman–Crippen LogP) is 4.61. The second-order valence-corrected chi connectivity index (χ2v) is 6.70. The predicted molar refractivity (Wildman–Crippen MR) is 98.9 cm³/mol. The number of nitrogen functional groups attached to an aromatic ring is 1. The topological polar surface area (TPSA) is 87.9 Å². The molecule has 31 heavy (non-hydrogen) atoms. The Labute approximate surface area is 171 Å². The van der Waals surface area contributed by atoms with E-state index in [0.717, 1.165) is 12.1 Å². The minimum Gasteiger partial charge on any atom is -0.383 e. The first kappa shape index (κ1) is 22.2. The number of rotatable bonds is 3. The van der Waals surface area contributed by atoms with Crippen molar-refractivity contribution >= 4 is 5.82 Å². The number of nitrogens with two attached hydrogens (primary N) is 1. The molecule has 0 aliphatic rings. The SMILES string of the molecule is Cc1nn(-c2ccc(C#N)cc2)c(N)c1-c1ccc(C(O)(C(F)(F)F)C(F)(F)F)cc1. The minimum absolute atomic E-state index is 0.0943. The van der Waals surface area contributed by atoms with Crippen LogP contribution in [0.3, 0.4) is 0 Å². The molecule has 3 N–H and O–H groups in total. The summed E-state index contributed by atoms with van der Waals surface area (Å²) in [6.45, 7) is 1.57. The van der Waals surface area contributed by atoms with Crippen LogP contribution in [0, 0.1) is 18.3 Å². The molecule has 0 amide bonds. The molecule has 5 nitrogen and oxygen atoms in total. The number of aliphatic hydroxyl groups is 1. The number of benzene rings is 2. The fraction of sp³-hybridized carbons (Fsp3) is 0.200. The van der Waals surface area contributed by atoms with Crippen molar-refractivity contribution in [2.75, 3.05) is 5.73 Å². The van der Waals surface area contributed by atoms with E-state index in [2.05, 4.69) is 5.10 Å². The molecule has 1 aromatic heterocycles. The Morgan fingerprint density at radius 2 is 1.45 bits per heavy atom. The van der Waals surface area contributed by atoms with E-state index in [-0.39, 0.29) is 11.4 Å². The van der Waals surface area contributed by atoms with Crippen LogP contribution >= 0.6 is 0 Å². The van der Waals surface area contributed by atoms with Gasteiger partial charge in [-0.3, -0.25) is 0 Å². The summed E-state index contributed by atoms with van der Waals surface area (Å²) in [5.41, 5.74) is 1.55. The van der Waals surface area contributed by atoms with E-state index in [0.29, 0.717) is 34.6 Å². The summed E-state index contributed by atoms with van der Waals surface area (Å²) in [5, 5.41) is 22.6. The fourth-order valence-corrected chi connectivity index (χ4v) is 3.14. The van der Waals surface area contributed by atoms with Gasteiger partial charge in [-0.2, -0.15) is 36.7 Å². The van der Waals surface area contributed by atoms with Crippen molar-refractivity contribution in [3.8, 4) is 22.9 Å². The van der Waals surface area contributed by atoms with E-state index in [9.17, 15) is 31.4 Å². The smallest absolute Gasteiger partial charge is 0.383 e. The van der Waals surface area contributed by atoms with Gasteiger partial charge in [-0.05, 0) is 36.8 Å². The lowest BCUT2D eigenvalue weighted by atomic mass is 9.90. The quantitative estimate of drug-likeness (QED) is 0.582. The molecular formula is C20H14F6N4O. The lowest BCUT2D eigenvalue weighted by molar-refractivity contribution is -0.376. The second-order valence-electron chi connectivity index (χ2n) is 6.70. The van der Waals surface area contributed by atoms with Gasteiger partial charge < -0.3 is 10.8 Å². The third kappa shape index (κ3) is 3.59. The highest BCUT2D eigenvalue weighted by Crippen LogP contribution is 2.50. The molecule has 1 heterocycles. The van der Waals surface area contributed by atoms with Crippen LogP contribution < -0.4 is 5.73 Å². The maximum absolute atomic E-state index is 13.1. The molecule has 2 aromatic carbocycles. The Hall–Kier alpha value is -3.52. The van der Waals surface area contributed by atoms with Crippen molar-refractivity contribution in [2.24, 2.45) is 0 Å². The van der Waals surface area contributed by atoms with E-state index in [1.807, 2.05) is 6.07 Å². The van der Waals surface area contributed by atoms with Gasteiger partial charge in [-0.15, -0.1) is 0 Å². The molecule has 0 fully saturated rings. The van der Waals surface area contributed by atoms with E-state index < -0.39 is 23.5 Å². The zero-order valence-corrected chi connectivity index (χ0v) is 15.8. The van der Waals surface area contributed by atoms with Crippen molar-refractivity contribution in [3.63, 3.8) is 0 Å². The van der Waals surface area contributed by atoms with Gasteiger partial charge in [-0.1, -0.05) is 24.3 Å². The number of alkyl halides is 6. The third-order valence-electron chi connectivity index (χ3n) is 4.75. The van der Waals surface area contributed by atoms with Gasteiger partial charge in [0.2, 0.25) is 0 Å². The number of nitrogens with zero attached hydrogens (tertiary/aromatic N) is 3. The molecule has 0 aliphatic carbocycles. The van der Waals surface area contributed by atoms with E-state index in [1.165, 1.54) is 16.8 Å². The number of aryl methyl sites for hydroxylation is 1. The van der Waals surface area contributed by atoms with E-state index >= 15 is 0 Å². The summed E-state index contributed by atoms with van der Waals surface area (Å²) < 4.78 is 79.7. The Kier molecular flexibility index (Phi) is 5.23. The lowest BCUT2D eigenvalue weighted by Crippen LogP contribution is -2.53. The van der Waals surface area contributed by atoms with Crippen molar-refractivity contribution in [3.05, 3.63) is 65.4 Å². The number of hydrogen-bond donors (Lipinski definition) is 2. The Morgan fingerprint density at radius 1 is 0.935 bits per heavy atom.